The van der Waals surface area contributed by atoms with Crippen LogP contribution in [0.2, 0.25) is 5.02 Å². The van der Waals surface area contributed by atoms with E-state index in [0.29, 0.717) is 23.9 Å². The lowest BCUT2D eigenvalue weighted by molar-refractivity contribution is -0.127. The molecule has 2 aromatic rings. The van der Waals surface area contributed by atoms with Gasteiger partial charge < -0.3 is 14.8 Å². The first-order valence-corrected chi connectivity index (χ1v) is 7.82. The molecule has 2 aromatic carbocycles. The van der Waals surface area contributed by atoms with Crippen LogP contribution in [0.3, 0.4) is 0 Å². The van der Waals surface area contributed by atoms with Crippen molar-refractivity contribution in [1.82, 2.24) is 5.32 Å². The molecule has 1 N–H and O–H groups in total. The molecule has 0 aliphatic heterocycles. The van der Waals surface area contributed by atoms with Gasteiger partial charge in [0.05, 0.1) is 6.54 Å². The number of para-hydroxylation sites is 1. The van der Waals surface area contributed by atoms with E-state index in [1.54, 1.807) is 31.2 Å². The predicted molar refractivity (Wildman–Crippen MR) is 91.2 cm³/mol. The van der Waals surface area contributed by atoms with Gasteiger partial charge in [-0.15, -0.1) is 0 Å². The number of halogens is 1. The van der Waals surface area contributed by atoms with Gasteiger partial charge >= 0.3 is 0 Å². The van der Waals surface area contributed by atoms with Gasteiger partial charge in [-0.05, 0) is 49.7 Å². The molecule has 0 unspecified atom stereocenters. The predicted octanol–water partition coefficient (Wildman–Crippen LogP) is 3.61. The Hall–Kier alpha value is -2.20. The van der Waals surface area contributed by atoms with Crippen LogP contribution in [-0.4, -0.2) is 25.2 Å². The zero-order valence-corrected chi connectivity index (χ0v) is 14.0. The summed E-state index contributed by atoms with van der Waals surface area (Å²) in [5.74, 6) is 1.24. The summed E-state index contributed by atoms with van der Waals surface area (Å²) < 4.78 is 11.2. The summed E-state index contributed by atoms with van der Waals surface area (Å²) in [5, 5.41) is 3.42. The van der Waals surface area contributed by atoms with E-state index in [2.05, 4.69) is 5.32 Å². The fourth-order valence-corrected chi connectivity index (χ4v) is 2.09. The van der Waals surface area contributed by atoms with Crippen LogP contribution in [0.5, 0.6) is 11.5 Å². The maximum absolute atomic E-state index is 12.0. The van der Waals surface area contributed by atoms with Crippen molar-refractivity contribution in [2.45, 2.75) is 20.0 Å². The van der Waals surface area contributed by atoms with Gasteiger partial charge in [-0.2, -0.15) is 0 Å². The molecule has 122 valence electrons. The van der Waals surface area contributed by atoms with Crippen molar-refractivity contribution in [2.75, 3.05) is 13.2 Å². The van der Waals surface area contributed by atoms with Crippen molar-refractivity contribution in [3.8, 4) is 11.5 Å². The van der Waals surface area contributed by atoms with Crippen LogP contribution in [0, 0.1) is 6.92 Å². The highest BCUT2D eigenvalue weighted by Crippen LogP contribution is 2.17. The van der Waals surface area contributed by atoms with Crippen LogP contribution >= 0.6 is 11.6 Å². The summed E-state index contributed by atoms with van der Waals surface area (Å²) in [6.45, 7) is 4.51. The number of hydrogen-bond acceptors (Lipinski definition) is 3. The SMILES string of the molecule is Cc1ccccc1OCCNC(=O)[C@H](C)Oc1ccc(Cl)cc1. The maximum atomic E-state index is 12.0. The molecule has 0 heterocycles. The first-order chi connectivity index (χ1) is 11.1. The highest BCUT2D eigenvalue weighted by molar-refractivity contribution is 6.30. The number of rotatable bonds is 7. The molecule has 4 nitrogen and oxygen atoms in total. The van der Waals surface area contributed by atoms with E-state index >= 15 is 0 Å². The van der Waals surface area contributed by atoms with E-state index < -0.39 is 6.10 Å². The Morgan fingerprint density at radius 2 is 1.87 bits per heavy atom. The summed E-state index contributed by atoms with van der Waals surface area (Å²) >= 11 is 5.81. The minimum absolute atomic E-state index is 0.187. The first kappa shape index (κ1) is 17.2. The lowest BCUT2D eigenvalue weighted by Gasteiger charge is -2.15. The van der Waals surface area contributed by atoms with Crippen LogP contribution in [0.1, 0.15) is 12.5 Å². The minimum atomic E-state index is -0.588. The highest BCUT2D eigenvalue weighted by atomic mass is 35.5. The molecule has 0 aliphatic carbocycles. The molecule has 0 fully saturated rings. The summed E-state index contributed by atoms with van der Waals surface area (Å²) in [4.78, 5) is 12.0. The number of carbonyl (C=O) groups excluding carboxylic acids is 1. The van der Waals surface area contributed by atoms with Gasteiger partial charge in [0.1, 0.15) is 18.1 Å². The molecule has 2 rings (SSSR count). The van der Waals surface area contributed by atoms with Crippen LogP contribution in [0.4, 0.5) is 0 Å². The topological polar surface area (TPSA) is 47.6 Å². The Balaban J connectivity index is 1.72. The highest BCUT2D eigenvalue weighted by Gasteiger charge is 2.14. The van der Waals surface area contributed by atoms with E-state index in [-0.39, 0.29) is 5.91 Å². The van der Waals surface area contributed by atoms with Crippen molar-refractivity contribution >= 4 is 17.5 Å². The largest absolute Gasteiger partial charge is 0.491 e. The number of amides is 1. The van der Waals surface area contributed by atoms with Crippen LogP contribution in [0.15, 0.2) is 48.5 Å². The van der Waals surface area contributed by atoms with E-state index in [1.807, 2.05) is 31.2 Å². The zero-order valence-electron chi connectivity index (χ0n) is 13.2. The summed E-state index contributed by atoms with van der Waals surface area (Å²) in [6, 6.07) is 14.7. The van der Waals surface area contributed by atoms with Gasteiger partial charge in [0.25, 0.3) is 5.91 Å². The van der Waals surface area contributed by atoms with Crippen molar-refractivity contribution in [3.05, 3.63) is 59.1 Å². The Labute approximate surface area is 141 Å². The minimum Gasteiger partial charge on any atom is -0.491 e. The number of carbonyl (C=O) groups is 1. The van der Waals surface area contributed by atoms with Gasteiger partial charge in [0.2, 0.25) is 0 Å². The summed E-state index contributed by atoms with van der Waals surface area (Å²) in [7, 11) is 0. The Kier molecular flexibility index (Phi) is 6.29. The van der Waals surface area contributed by atoms with Gasteiger partial charge in [0, 0.05) is 5.02 Å². The fourth-order valence-electron chi connectivity index (χ4n) is 1.97. The van der Waals surface area contributed by atoms with Crippen molar-refractivity contribution < 1.29 is 14.3 Å². The first-order valence-electron chi connectivity index (χ1n) is 7.44. The average Bonchev–Trinajstić information content (AvgIpc) is 2.55. The normalized spacial score (nSPS) is 11.6. The lowest BCUT2D eigenvalue weighted by atomic mass is 10.2. The number of benzene rings is 2. The zero-order chi connectivity index (χ0) is 16.7. The van der Waals surface area contributed by atoms with Crippen molar-refractivity contribution in [1.29, 1.82) is 0 Å². The Morgan fingerprint density at radius 1 is 1.17 bits per heavy atom. The monoisotopic (exact) mass is 333 g/mol. The van der Waals surface area contributed by atoms with Gasteiger partial charge in [-0.25, -0.2) is 0 Å². The second-order valence-electron chi connectivity index (χ2n) is 5.12. The molecule has 5 heteroatoms. The van der Waals surface area contributed by atoms with E-state index in [1.165, 1.54) is 0 Å². The number of ether oxygens (including phenoxy) is 2. The van der Waals surface area contributed by atoms with Crippen LogP contribution in [0.25, 0.3) is 0 Å². The third-order valence-electron chi connectivity index (χ3n) is 3.25. The summed E-state index contributed by atoms with van der Waals surface area (Å²) in [5.41, 5.74) is 1.07. The molecule has 1 atom stereocenters. The Morgan fingerprint density at radius 3 is 2.57 bits per heavy atom. The van der Waals surface area contributed by atoms with Gasteiger partial charge in [0.15, 0.2) is 6.10 Å². The van der Waals surface area contributed by atoms with Gasteiger partial charge in [-0.3, -0.25) is 4.79 Å². The van der Waals surface area contributed by atoms with Crippen LogP contribution < -0.4 is 14.8 Å². The third-order valence-corrected chi connectivity index (χ3v) is 3.50. The number of nitrogens with one attached hydrogen (secondary N) is 1. The van der Waals surface area contributed by atoms with E-state index in [0.717, 1.165) is 11.3 Å². The molecule has 0 saturated heterocycles. The molecule has 23 heavy (non-hydrogen) atoms. The maximum Gasteiger partial charge on any atom is 0.260 e. The van der Waals surface area contributed by atoms with E-state index in [4.69, 9.17) is 21.1 Å². The van der Waals surface area contributed by atoms with Crippen molar-refractivity contribution in [3.63, 3.8) is 0 Å². The van der Waals surface area contributed by atoms with E-state index in [9.17, 15) is 4.79 Å². The quantitative estimate of drug-likeness (QED) is 0.787. The van der Waals surface area contributed by atoms with Crippen molar-refractivity contribution in [2.24, 2.45) is 0 Å². The smallest absolute Gasteiger partial charge is 0.260 e. The van der Waals surface area contributed by atoms with Gasteiger partial charge in [-0.1, -0.05) is 29.8 Å². The second kappa shape index (κ2) is 8.44. The average molecular weight is 334 g/mol. The molecule has 0 aliphatic rings. The van der Waals surface area contributed by atoms with Crippen LogP contribution in [-0.2, 0) is 4.79 Å². The second-order valence-corrected chi connectivity index (χ2v) is 5.56. The molecular formula is C18H20ClNO3. The molecular weight excluding hydrogens is 314 g/mol. The number of hydrogen-bond donors (Lipinski definition) is 1. The fraction of sp³-hybridized carbons (Fsp3) is 0.278. The molecule has 0 spiro atoms. The Bertz CT molecular complexity index is 643. The molecule has 0 bridgehead atoms. The molecule has 1 amide bonds. The molecule has 0 aromatic heterocycles. The summed E-state index contributed by atoms with van der Waals surface area (Å²) in [6.07, 6.45) is -0.588. The molecule has 0 saturated carbocycles. The molecule has 0 radical (unpaired) electrons. The standard InChI is InChI=1S/C18H20ClNO3/c1-13-5-3-4-6-17(13)22-12-11-20-18(21)14(2)23-16-9-7-15(19)8-10-16/h3-10,14H,11-12H2,1-2H3,(H,20,21)/t14-/m0/s1. The lowest BCUT2D eigenvalue weighted by Crippen LogP contribution is -2.38. The number of aryl methyl sites for hydroxylation is 1. The third kappa shape index (κ3) is 5.49.